The Kier molecular flexibility index (Phi) is 5.27. The van der Waals surface area contributed by atoms with E-state index in [1.165, 1.54) is 0 Å². The Balaban J connectivity index is 1.92. The Morgan fingerprint density at radius 1 is 1.38 bits per heavy atom. The molecule has 122 valence electrons. The Labute approximate surface area is 127 Å². The topological polar surface area (TPSA) is 83.7 Å². The molecule has 2 N–H and O–H groups in total. The van der Waals surface area contributed by atoms with Crippen LogP contribution in [0.5, 0.6) is 0 Å². The highest BCUT2D eigenvalue weighted by atomic mass is 32.2. The van der Waals surface area contributed by atoms with Gasteiger partial charge >= 0.3 is 0 Å². The molecule has 2 aliphatic heterocycles. The zero-order valence-electron chi connectivity index (χ0n) is 13.0. The molecule has 2 aliphatic rings. The molecule has 0 bridgehead atoms. The summed E-state index contributed by atoms with van der Waals surface area (Å²) in [5.41, 5.74) is 6.00. The third kappa shape index (κ3) is 4.17. The molecular weight excluding hydrogens is 290 g/mol. The predicted octanol–water partition coefficient (Wildman–Crippen LogP) is -0.309. The quantitative estimate of drug-likeness (QED) is 0.769. The summed E-state index contributed by atoms with van der Waals surface area (Å²) < 4.78 is 23.2. The van der Waals surface area contributed by atoms with Gasteiger partial charge in [-0.15, -0.1) is 0 Å². The number of nitrogens with two attached hydrogens (primary N) is 1. The van der Waals surface area contributed by atoms with E-state index in [0.29, 0.717) is 25.4 Å². The van der Waals surface area contributed by atoms with Gasteiger partial charge in [-0.05, 0) is 25.7 Å². The third-order valence-electron chi connectivity index (χ3n) is 4.72. The summed E-state index contributed by atoms with van der Waals surface area (Å²) in [5.74, 6) is 0.765. The molecule has 21 heavy (non-hydrogen) atoms. The number of carbonyl (C=O) groups excluding carboxylic acids is 1. The number of nitrogens with zero attached hydrogens (tertiary/aromatic N) is 2. The maximum Gasteiger partial charge on any atom is 0.237 e. The van der Waals surface area contributed by atoms with Gasteiger partial charge in [0.15, 0.2) is 9.84 Å². The lowest BCUT2D eigenvalue weighted by molar-refractivity contribution is -0.134. The van der Waals surface area contributed by atoms with Gasteiger partial charge in [-0.25, -0.2) is 8.42 Å². The second-order valence-corrected chi connectivity index (χ2v) is 8.63. The van der Waals surface area contributed by atoms with Crippen molar-refractivity contribution in [3.63, 3.8) is 0 Å². The summed E-state index contributed by atoms with van der Waals surface area (Å²) >= 11 is 0. The van der Waals surface area contributed by atoms with Crippen LogP contribution >= 0.6 is 0 Å². The SMILES string of the molecule is CCN(C(=O)CN1CCC(N)C(C)C1)C1CCS(=O)(=O)C1. The highest BCUT2D eigenvalue weighted by Gasteiger charge is 2.34. The molecule has 7 heteroatoms. The standard InChI is InChI=1S/C14H27N3O3S/c1-3-17(12-5-7-21(19,20)10-12)14(18)9-16-6-4-13(15)11(2)8-16/h11-13H,3-10,15H2,1-2H3. The summed E-state index contributed by atoms with van der Waals surface area (Å²) in [6.07, 6.45) is 1.49. The van der Waals surface area contributed by atoms with Crippen LogP contribution in [0.1, 0.15) is 26.7 Å². The summed E-state index contributed by atoms with van der Waals surface area (Å²) in [7, 11) is -2.96. The molecule has 2 saturated heterocycles. The molecule has 0 aromatic rings. The largest absolute Gasteiger partial charge is 0.338 e. The van der Waals surface area contributed by atoms with E-state index in [9.17, 15) is 13.2 Å². The first-order valence-electron chi connectivity index (χ1n) is 7.80. The van der Waals surface area contributed by atoms with Gasteiger partial charge in [0.1, 0.15) is 0 Å². The number of likely N-dealkylation sites (N-methyl/N-ethyl adjacent to an activating group) is 1. The van der Waals surface area contributed by atoms with Gasteiger partial charge in [0.05, 0.1) is 18.1 Å². The van der Waals surface area contributed by atoms with E-state index in [0.717, 1.165) is 19.5 Å². The van der Waals surface area contributed by atoms with E-state index in [1.54, 1.807) is 4.90 Å². The van der Waals surface area contributed by atoms with E-state index in [2.05, 4.69) is 11.8 Å². The van der Waals surface area contributed by atoms with Gasteiger partial charge in [-0.3, -0.25) is 9.69 Å². The minimum absolute atomic E-state index is 0.0438. The number of hydrogen-bond donors (Lipinski definition) is 1. The van der Waals surface area contributed by atoms with Crippen molar-refractivity contribution in [3.8, 4) is 0 Å². The monoisotopic (exact) mass is 317 g/mol. The molecule has 0 radical (unpaired) electrons. The number of amides is 1. The minimum atomic E-state index is -2.96. The lowest BCUT2D eigenvalue weighted by Crippen LogP contribution is -2.51. The first-order valence-corrected chi connectivity index (χ1v) is 9.62. The van der Waals surface area contributed by atoms with E-state index < -0.39 is 9.84 Å². The molecule has 2 fully saturated rings. The summed E-state index contributed by atoms with van der Waals surface area (Å²) in [5, 5.41) is 0. The Morgan fingerprint density at radius 2 is 2.10 bits per heavy atom. The first kappa shape index (κ1) is 16.7. The number of hydrogen-bond acceptors (Lipinski definition) is 5. The van der Waals surface area contributed by atoms with E-state index in [4.69, 9.17) is 5.73 Å². The van der Waals surface area contributed by atoms with E-state index >= 15 is 0 Å². The van der Waals surface area contributed by atoms with Crippen molar-refractivity contribution in [2.75, 3.05) is 37.7 Å². The number of piperidine rings is 1. The van der Waals surface area contributed by atoms with Crippen LogP contribution in [0.4, 0.5) is 0 Å². The Morgan fingerprint density at radius 3 is 2.62 bits per heavy atom. The normalized spacial score (nSPS) is 33.0. The van der Waals surface area contributed by atoms with Crippen LogP contribution in [0.2, 0.25) is 0 Å². The lowest BCUT2D eigenvalue weighted by Gasteiger charge is -2.36. The highest BCUT2D eigenvalue weighted by molar-refractivity contribution is 7.91. The number of likely N-dealkylation sites (tertiary alicyclic amines) is 1. The summed E-state index contributed by atoms with van der Waals surface area (Å²) in [4.78, 5) is 16.4. The molecule has 1 amide bonds. The smallest absolute Gasteiger partial charge is 0.237 e. The van der Waals surface area contributed by atoms with Gasteiger partial charge < -0.3 is 10.6 Å². The van der Waals surface area contributed by atoms with Gasteiger partial charge in [-0.2, -0.15) is 0 Å². The summed E-state index contributed by atoms with van der Waals surface area (Å²) in [6, 6.07) is 0.0792. The van der Waals surface area contributed by atoms with Crippen molar-refractivity contribution in [1.29, 1.82) is 0 Å². The van der Waals surface area contributed by atoms with Crippen LogP contribution < -0.4 is 5.73 Å². The minimum Gasteiger partial charge on any atom is -0.338 e. The van der Waals surface area contributed by atoms with Crippen molar-refractivity contribution < 1.29 is 13.2 Å². The fraction of sp³-hybridized carbons (Fsp3) is 0.929. The maximum absolute atomic E-state index is 12.5. The van der Waals surface area contributed by atoms with Crippen LogP contribution in [0.25, 0.3) is 0 Å². The van der Waals surface area contributed by atoms with Crippen molar-refractivity contribution in [3.05, 3.63) is 0 Å². The Hall–Kier alpha value is -0.660. The fourth-order valence-electron chi connectivity index (χ4n) is 3.34. The average molecular weight is 317 g/mol. The molecule has 6 nitrogen and oxygen atoms in total. The average Bonchev–Trinajstić information content (AvgIpc) is 2.75. The molecule has 2 heterocycles. The van der Waals surface area contributed by atoms with Crippen LogP contribution in [-0.2, 0) is 14.6 Å². The van der Waals surface area contributed by atoms with Crippen molar-refractivity contribution in [2.24, 2.45) is 11.7 Å². The zero-order valence-corrected chi connectivity index (χ0v) is 13.8. The number of rotatable bonds is 4. The number of carbonyl (C=O) groups is 1. The van der Waals surface area contributed by atoms with Crippen LogP contribution in [0.3, 0.4) is 0 Å². The molecule has 2 rings (SSSR count). The van der Waals surface area contributed by atoms with E-state index in [1.807, 2.05) is 6.92 Å². The molecule has 3 unspecified atom stereocenters. The van der Waals surface area contributed by atoms with Crippen molar-refractivity contribution >= 4 is 15.7 Å². The summed E-state index contributed by atoms with van der Waals surface area (Å²) in [6.45, 7) is 6.66. The maximum atomic E-state index is 12.5. The first-order chi connectivity index (χ1) is 9.82. The highest BCUT2D eigenvalue weighted by Crippen LogP contribution is 2.19. The second-order valence-electron chi connectivity index (χ2n) is 6.40. The van der Waals surface area contributed by atoms with E-state index in [-0.39, 0.29) is 29.5 Å². The van der Waals surface area contributed by atoms with Gasteiger partial charge in [0, 0.05) is 31.7 Å². The molecular formula is C14H27N3O3S. The molecule has 0 saturated carbocycles. The van der Waals surface area contributed by atoms with Gasteiger partial charge in [0.25, 0.3) is 0 Å². The molecule has 3 atom stereocenters. The zero-order chi connectivity index (χ0) is 15.6. The Bertz CT molecular complexity index is 480. The number of sulfone groups is 1. The van der Waals surface area contributed by atoms with Crippen LogP contribution in [0.15, 0.2) is 0 Å². The van der Waals surface area contributed by atoms with Crippen molar-refractivity contribution in [1.82, 2.24) is 9.80 Å². The van der Waals surface area contributed by atoms with Crippen LogP contribution in [-0.4, -0.2) is 73.9 Å². The van der Waals surface area contributed by atoms with Gasteiger partial charge in [0.2, 0.25) is 5.91 Å². The predicted molar refractivity (Wildman–Crippen MR) is 82.6 cm³/mol. The molecule has 0 aliphatic carbocycles. The lowest BCUT2D eigenvalue weighted by atomic mass is 9.95. The fourth-order valence-corrected chi connectivity index (χ4v) is 5.07. The third-order valence-corrected chi connectivity index (χ3v) is 6.48. The molecule has 0 aromatic carbocycles. The van der Waals surface area contributed by atoms with Crippen LogP contribution in [0, 0.1) is 5.92 Å². The second kappa shape index (κ2) is 6.62. The molecule has 0 aromatic heterocycles. The molecule has 0 spiro atoms. The van der Waals surface area contributed by atoms with Crippen molar-refractivity contribution in [2.45, 2.75) is 38.8 Å². The van der Waals surface area contributed by atoms with Gasteiger partial charge in [-0.1, -0.05) is 6.92 Å².